The molecule has 0 bridgehead atoms. The standard InChI is InChI=1S/C20H24N4O2/c1-14-5-4-10-24(13-14)20(26)19-9-8-18(12-21-19)23-17-7-3-6-16(11-17)22-15(2)25/h3,6-9,11-12,14,23H,4-5,10,13H2,1-2H3,(H,22,25). The van der Waals surface area contributed by atoms with E-state index in [9.17, 15) is 9.59 Å². The third kappa shape index (κ3) is 4.59. The number of piperidine rings is 1. The molecule has 1 atom stereocenters. The van der Waals surface area contributed by atoms with Crippen molar-refractivity contribution in [2.75, 3.05) is 23.7 Å². The summed E-state index contributed by atoms with van der Waals surface area (Å²) in [5.41, 5.74) is 2.81. The highest BCUT2D eigenvalue weighted by Crippen LogP contribution is 2.21. The molecule has 3 rings (SSSR count). The Bertz CT molecular complexity index is 789. The Kier molecular flexibility index (Phi) is 5.51. The molecule has 1 aromatic carbocycles. The molecule has 1 aromatic heterocycles. The average molecular weight is 352 g/mol. The van der Waals surface area contributed by atoms with Crippen LogP contribution in [0, 0.1) is 5.92 Å². The van der Waals surface area contributed by atoms with Crippen LogP contribution in [0.4, 0.5) is 17.1 Å². The molecular formula is C20H24N4O2. The Morgan fingerprint density at radius 1 is 1.15 bits per heavy atom. The summed E-state index contributed by atoms with van der Waals surface area (Å²) in [6, 6.07) is 11.0. The van der Waals surface area contributed by atoms with Gasteiger partial charge in [0.25, 0.3) is 5.91 Å². The Balaban J connectivity index is 1.66. The summed E-state index contributed by atoms with van der Waals surface area (Å²) in [7, 11) is 0. The van der Waals surface area contributed by atoms with Crippen molar-refractivity contribution in [1.29, 1.82) is 0 Å². The lowest BCUT2D eigenvalue weighted by atomic mass is 10.00. The Morgan fingerprint density at radius 3 is 2.65 bits per heavy atom. The Hall–Kier alpha value is -2.89. The maximum absolute atomic E-state index is 12.6. The second-order valence-corrected chi connectivity index (χ2v) is 6.82. The first-order chi connectivity index (χ1) is 12.5. The summed E-state index contributed by atoms with van der Waals surface area (Å²) in [6.07, 6.45) is 3.89. The molecule has 1 saturated heterocycles. The number of likely N-dealkylation sites (tertiary alicyclic amines) is 1. The fraction of sp³-hybridized carbons (Fsp3) is 0.350. The summed E-state index contributed by atoms with van der Waals surface area (Å²) in [5.74, 6) is 0.430. The van der Waals surface area contributed by atoms with Crippen molar-refractivity contribution >= 4 is 28.9 Å². The molecule has 136 valence electrons. The summed E-state index contributed by atoms with van der Waals surface area (Å²) in [6.45, 7) is 5.26. The topological polar surface area (TPSA) is 74.3 Å². The predicted octanol–water partition coefficient (Wildman–Crippen LogP) is 3.66. The van der Waals surface area contributed by atoms with Crippen LogP contribution in [0.25, 0.3) is 0 Å². The molecule has 2 aromatic rings. The second kappa shape index (κ2) is 7.99. The quantitative estimate of drug-likeness (QED) is 0.881. The number of carbonyl (C=O) groups excluding carboxylic acids is 2. The van der Waals surface area contributed by atoms with E-state index in [1.165, 1.54) is 13.3 Å². The zero-order valence-corrected chi connectivity index (χ0v) is 15.2. The number of hydrogen-bond acceptors (Lipinski definition) is 4. The predicted molar refractivity (Wildman–Crippen MR) is 103 cm³/mol. The first kappa shape index (κ1) is 17.9. The van der Waals surface area contributed by atoms with Crippen molar-refractivity contribution in [3.05, 3.63) is 48.3 Å². The highest BCUT2D eigenvalue weighted by atomic mass is 16.2. The third-order valence-electron chi connectivity index (χ3n) is 4.40. The van der Waals surface area contributed by atoms with Gasteiger partial charge in [-0.25, -0.2) is 4.98 Å². The van der Waals surface area contributed by atoms with Gasteiger partial charge in [0.1, 0.15) is 5.69 Å². The largest absolute Gasteiger partial charge is 0.354 e. The normalized spacial score (nSPS) is 16.8. The molecule has 6 nitrogen and oxygen atoms in total. The van der Waals surface area contributed by atoms with Crippen molar-refractivity contribution in [3.8, 4) is 0 Å². The molecule has 26 heavy (non-hydrogen) atoms. The number of aromatic nitrogens is 1. The van der Waals surface area contributed by atoms with E-state index in [4.69, 9.17) is 0 Å². The molecular weight excluding hydrogens is 328 g/mol. The summed E-state index contributed by atoms with van der Waals surface area (Å²) in [5, 5.41) is 5.98. The van der Waals surface area contributed by atoms with Gasteiger partial charge in [-0.2, -0.15) is 0 Å². The van der Waals surface area contributed by atoms with Crippen LogP contribution in [0.5, 0.6) is 0 Å². The van der Waals surface area contributed by atoms with Crippen LogP contribution in [0.15, 0.2) is 42.6 Å². The number of carbonyl (C=O) groups is 2. The molecule has 0 aliphatic carbocycles. The minimum absolute atomic E-state index is 0.00393. The lowest BCUT2D eigenvalue weighted by molar-refractivity contribution is -0.114. The molecule has 2 heterocycles. The molecule has 0 saturated carbocycles. The highest BCUT2D eigenvalue weighted by Gasteiger charge is 2.22. The maximum Gasteiger partial charge on any atom is 0.272 e. The van der Waals surface area contributed by atoms with Crippen molar-refractivity contribution in [3.63, 3.8) is 0 Å². The maximum atomic E-state index is 12.6. The van der Waals surface area contributed by atoms with Gasteiger partial charge in [-0.3, -0.25) is 9.59 Å². The zero-order valence-electron chi connectivity index (χ0n) is 15.2. The van der Waals surface area contributed by atoms with Gasteiger partial charge < -0.3 is 15.5 Å². The lowest BCUT2D eigenvalue weighted by Gasteiger charge is -2.30. The van der Waals surface area contributed by atoms with Crippen LogP contribution >= 0.6 is 0 Å². The Morgan fingerprint density at radius 2 is 1.96 bits per heavy atom. The van der Waals surface area contributed by atoms with Gasteiger partial charge in [-0.05, 0) is 49.1 Å². The van der Waals surface area contributed by atoms with E-state index in [0.717, 1.165) is 36.6 Å². The van der Waals surface area contributed by atoms with Gasteiger partial charge in [-0.15, -0.1) is 0 Å². The number of benzene rings is 1. The van der Waals surface area contributed by atoms with E-state index in [2.05, 4.69) is 22.5 Å². The zero-order chi connectivity index (χ0) is 18.5. The number of nitrogens with zero attached hydrogens (tertiary/aromatic N) is 2. The van der Waals surface area contributed by atoms with Crippen LogP contribution in [0.2, 0.25) is 0 Å². The summed E-state index contributed by atoms with van der Waals surface area (Å²) >= 11 is 0. The van der Waals surface area contributed by atoms with Gasteiger partial charge in [0.05, 0.1) is 11.9 Å². The van der Waals surface area contributed by atoms with Gasteiger partial charge >= 0.3 is 0 Å². The minimum Gasteiger partial charge on any atom is -0.354 e. The molecule has 0 radical (unpaired) electrons. The lowest BCUT2D eigenvalue weighted by Crippen LogP contribution is -2.39. The molecule has 6 heteroatoms. The molecule has 1 fully saturated rings. The van der Waals surface area contributed by atoms with Crippen molar-refractivity contribution in [1.82, 2.24) is 9.88 Å². The number of hydrogen-bond donors (Lipinski definition) is 2. The summed E-state index contributed by atoms with van der Waals surface area (Å²) < 4.78 is 0. The van der Waals surface area contributed by atoms with Gasteiger partial charge in [0.15, 0.2) is 0 Å². The van der Waals surface area contributed by atoms with Crippen LogP contribution in [-0.2, 0) is 4.79 Å². The van der Waals surface area contributed by atoms with E-state index in [1.807, 2.05) is 35.2 Å². The fourth-order valence-corrected chi connectivity index (χ4v) is 3.17. The SMILES string of the molecule is CC(=O)Nc1cccc(Nc2ccc(C(=O)N3CCCC(C)C3)nc2)c1. The van der Waals surface area contributed by atoms with Gasteiger partial charge in [0.2, 0.25) is 5.91 Å². The molecule has 2 amide bonds. The van der Waals surface area contributed by atoms with E-state index >= 15 is 0 Å². The van der Waals surface area contributed by atoms with E-state index in [1.54, 1.807) is 12.3 Å². The highest BCUT2D eigenvalue weighted by molar-refractivity contribution is 5.92. The van der Waals surface area contributed by atoms with Gasteiger partial charge in [-0.1, -0.05) is 13.0 Å². The van der Waals surface area contributed by atoms with Crippen molar-refractivity contribution in [2.24, 2.45) is 5.92 Å². The second-order valence-electron chi connectivity index (χ2n) is 6.82. The van der Waals surface area contributed by atoms with Crippen LogP contribution in [0.1, 0.15) is 37.2 Å². The number of rotatable bonds is 4. The first-order valence-electron chi connectivity index (χ1n) is 8.91. The average Bonchev–Trinajstić information content (AvgIpc) is 2.61. The monoisotopic (exact) mass is 352 g/mol. The molecule has 2 N–H and O–H groups in total. The van der Waals surface area contributed by atoms with Crippen LogP contribution < -0.4 is 10.6 Å². The number of pyridine rings is 1. The van der Waals surface area contributed by atoms with Crippen LogP contribution in [-0.4, -0.2) is 34.8 Å². The van der Waals surface area contributed by atoms with Crippen molar-refractivity contribution < 1.29 is 9.59 Å². The Labute approximate surface area is 153 Å². The number of amides is 2. The summed E-state index contributed by atoms with van der Waals surface area (Å²) in [4.78, 5) is 29.9. The smallest absolute Gasteiger partial charge is 0.272 e. The molecule has 1 aliphatic rings. The number of nitrogens with one attached hydrogen (secondary N) is 2. The van der Waals surface area contributed by atoms with E-state index in [0.29, 0.717) is 11.6 Å². The molecule has 0 spiro atoms. The molecule has 1 aliphatic heterocycles. The molecule has 1 unspecified atom stereocenters. The van der Waals surface area contributed by atoms with E-state index in [-0.39, 0.29) is 11.8 Å². The minimum atomic E-state index is -0.112. The van der Waals surface area contributed by atoms with Crippen molar-refractivity contribution in [2.45, 2.75) is 26.7 Å². The first-order valence-corrected chi connectivity index (χ1v) is 8.91. The number of anilines is 3. The third-order valence-corrected chi connectivity index (χ3v) is 4.40. The van der Waals surface area contributed by atoms with E-state index < -0.39 is 0 Å². The van der Waals surface area contributed by atoms with Gasteiger partial charge in [0, 0.05) is 31.4 Å². The van der Waals surface area contributed by atoms with Crippen LogP contribution in [0.3, 0.4) is 0 Å². The fourth-order valence-electron chi connectivity index (χ4n) is 3.17.